The van der Waals surface area contributed by atoms with Crippen LogP contribution >= 0.6 is 0 Å². The molecule has 2 heteroatoms. The highest BCUT2D eigenvalue weighted by Crippen LogP contribution is 2.40. The first kappa shape index (κ1) is 9.47. The van der Waals surface area contributed by atoms with Gasteiger partial charge in [0.1, 0.15) is 0 Å². The molecular weight excluding hydrogens is 160 g/mol. The summed E-state index contributed by atoms with van der Waals surface area (Å²) in [5.41, 5.74) is 4.01. The molecule has 1 aliphatic heterocycles. The Kier molecular flexibility index (Phi) is 2.16. The lowest BCUT2D eigenvalue weighted by atomic mass is 9.83. The SMILES string of the molecule is CN1NC(C2CC2)CC1C(C)(C)C. The van der Waals surface area contributed by atoms with E-state index in [0.717, 1.165) is 12.0 Å². The van der Waals surface area contributed by atoms with Gasteiger partial charge in [0, 0.05) is 19.1 Å². The molecule has 1 N–H and O–H groups in total. The van der Waals surface area contributed by atoms with E-state index in [0.29, 0.717) is 11.5 Å². The average Bonchev–Trinajstić information content (AvgIpc) is 2.73. The Morgan fingerprint density at radius 2 is 1.85 bits per heavy atom. The number of hydrazine groups is 1. The van der Waals surface area contributed by atoms with Crippen molar-refractivity contribution in [1.82, 2.24) is 10.4 Å². The Hall–Kier alpha value is -0.0800. The highest BCUT2D eigenvalue weighted by atomic mass is 15.5. The molecule has 13 heavy (non-hydrogen) atoms. The van der Waals surface area contributed by atoms with E-state index in [1.165, 1.54) is 19.3 Å². The van der Waals surface area contributed by atoms with Crippen LogP contribution in [0.1, 0.15) is 40.0 Å². The topological polar surface area (TPSA) is 15.3 Å². The summed E-state index contributed by atoms with van der Waals surface area (Å²) < 4.78 is 0. The molecule has 0 spiro atoms. The van der Waals surface area contributed by atoms with Crippen molar-refractivity contribution >= 4 is 0 Å². The molecular formula is C11H22N2. The third-order valence-corrected chi connectivity index (χ3v) is 3.50. The number of nitrogens with one attached hydrogen (secondary N) is 1. The van der Waals surface area contributed by atoms with Gasteiger partial charge in [0.05, 0.1) is 0 Å². The van der Waals surface area contributed by atoms with Crippen LogP contribution in [-0.2, 0) is 0 Å². The van der Waals surface area contributed by atoms with Gasteiger partial charge in [0.15, 0.2) is 0 Å². The summed E-state index contributed by atoms with van der Waals surface area (Å²) in [7, 11) is 2.19. The minimum Gasteiger partial charge on any atom is -0.252 e. The molecule has 0 bridgehead atoms. The average molecular weight is 182 g/mol. The van der Waals surface area contributed by atoms with E-state index in [2.05, 4.69) is 38.3 Å². The summed E-state index contributed by atoms with van der Waals surface area (Å²) in [6, 6.07) is 1.48. The molecule has 0 aromatic rings. The van der Waals surface area contributed by atoms with Gasteiger partial charge in [-0.05, 0) is 30.6 Å². The van der Waals surface area contributed by atoms with Crippen molar-refractivity contribution in [3.05, 3.63) is 0 Å². The highest BCUT2D eigenvalue weighted by Gasteiger charge is 2.42. The van der Waals surface area contributed by atoms with Crippen molar-refractivity contribution in [1.29, 1.82) is 0 Å². The van der Waals surface area contributed by atoms with Crippen LogP contribution in [0.25, 0.3) is 0 Å². The predicted octanol–water partition coefficient (Wildman–Crippen LogP) is 2.02. The maximum Gasteiger partial charge on any atom is 0.0304 e. The van der Waals surface area contributed by atoms with Crippen molar-refractivity contribution in [3.8, 4) is 0 Å². The molecule has 2 aliphatic rings. The standard InChI is InChI=1S/C11H22N2/c1-11(2,3)10-7-9(8-5-6-8)12-13(10)4/h8-10,12H,5-7H2,1-4H3. The molecule has 1 saturated carbocycles. The number of hydrogen-bond donors (Lipinski definition) is 1. The third-order valence-electron chi connectivity index (χ3n) is 3.50. The number of rotatable bonds is 1. The number of nitrogens with zero attached hydrogens (tertiary/aromatic N) is 1. The Labute approximate surface area is 81.7 Å². The smallest absolute Gasteiger partial charge is 0.0304 e. The zero-order valence-corrected chi connectivity index (χ0v) is 9.30. The molecule has 2 unspecified atom stereocenters. The largest absolute Gasteiger partial charge is 0.252 e. The molecule has 0 amide bonds. The molecule has 0 aromatic carbocycles. The molecule has 0 aromatic heterocycles. The normalized spacial score (nSPS) is 36.9. The van der Waals surface area contributed by atoms with Gasteiger partial charge >= 0.3 is 0 Å². The summed E-state index contributed by atoms with van der Waals surface area (Å²) in [6.45, 7) is 7.02. The summed E-state index contributed by atoms with van der Waals surface area (Å²) in [4.78, 5) is 0. The van der Waals surface area contributed by atoms with Gasteiger partial charge in [0.25, 0.3) is 0 Å². The zero-order chi connectivity index (χ0) is 9.64. The van der Waals surface area contributed by atoms with Crippen LogP contribution < -0.4 is 5.43 Å². The van der Waals surface area contributed by atoms with E-state index in [-0.39, 0.29) is 0 Å². The van der Waals surface area contributed by atoms with Crippen molar-refractivity contribution in [3.63, 3.8) is 0 Å². The van der Waals surface area contributed by atoms with Gasteiger partial charge in [-0.3, -0.25) is 5.43 Å². The molecule has 1 aliphatic carbocycles. The second-order valence-corrected chi connectivity index (χ2v) is 5.80. The van der Waals surface area contributed by atoms with E-state index in [1.807, 2.05) is 0 Å². The summed E-state index contributed by atoms with van der Waals surface area (Å²) in [5, 5.41) is 2.34. The number of hydrogen-bond acceptors (Lipinski definition) is 2. The lowest BCUT2D eigenvalue weighted by Gasteiger charge is -2.31. The van der Waals surface area contributed by atoms with E-state index in [1.54, 1.807) is 0 Å². The molecule has 76 valence electrons. The first-order chi connectivity index (χ1) is 5.98. The second kappa shape index (κ2) is 2.96. The van der Waals surface area contributed by atoms with Gasteiger partial charge in [-0.2, -0.15) is 0 Å². The molecule has 2 atom stereocenters. The van der Waals surface area contributed by atoms with Gasteiger partial charge in [-0.25, -0.2) is 5.01 Å². The van der Waals surface area contributed by atoms with Crippen LogP contribution in [0.3, 0.4) is 0 Å². The lowest BCUT2D eigenvalue weighted by Crippen LogP contribution is -2.41. The highest BCUT2D eigenvalue weighted by molar-refractivity contribution is 4.96. The monoisotopic (exact) mass is 182 g/mol. The predicted molar refractivity (Wildman–Crippen MR) is 55.3 cm³/mol. The van der Waals surface area contributed by atoms with Gasteiger partial charge in [-0.15, -0.1) is 0 Å². The quantitative estimate of drug-likeness (QED) is 0.667. The van der Waals surface area contributed by atoms with Crippen LogP contribution in [0.2, 0.25) is 0 Å². The molecule has 2 nitrogen and oxygen atoms in total. The second-order valence-electron chi connectivity index (χ2n) is 5.80. The fraction of sp³-hybridized carbons (Fsp3) is 1.00. The van der Waals surface area contributed by atoms with Crippen LogP contribution in [-0.4, -0.2) is 24.1 Å². The maximum absolute atomic E-state index is 3.61. The molecule has 2 fully saturated rings. The van der Waals surface area contributed by atoms with E-state index in [9.17, 15) is 0 Å². The van der Waals surface area contributed by atoms with E-state index < -0.39 is 0 Å². The summed E-state index contributed by atoms with van der Waals surface area (Å²) in [6.07, 6.45) is 4.23. The van der Waals surface area contributed by atoms with E-state index >= 15 is 0 Å². The minimum atomic E-state index is 0.408. The Bertz CT molecular complexity index is 191. The van der Waals surface area contributed by atoms with E-state index in [4.69, 9.17) is 0 Å². The Morgan fingerprint density at radius 3 is 2.23 bits per heavy atom. The van der Waals surface area contributed by atoms with Crippen LogP contribution in [0.5, 0.6) is 0 Å². The van der Waals surface area contributed by atoms with Gasteiger partial charge < -0.3 is 0 Å². The molecule has 1 saturated heterocycles. The van der Waals surface area contributed by atoms with Crippen molar-refractivity contribution in [2.45, 2.75) is 52.1 Å². The zero-order valence-electron chi connectivity index (χ0n) is 9.30. The molecule has 2 rings (SSSR count). The van der Waals surface area contributed by atoms with Gasteiger partial charge in [0.2, 0.25) is 0 Å². The first-order valence-electron chi connectivity index (χ1n) is 5.47. The minimum absolute atomic E-state index is 0.408. The van der Waals surface area contributed by atoms with Crippen LogP contribution in [0, 0.1) is 11.3 Å². The fourth-order valence-corrected chi connectivity index (χ4v) is 2.53. The Balaban J connectivity index is 1.98. The summed E-state index contributed by atoms with van der Waals surface area (Å²) >= 11 is 0. The third kappa shape index (κ3) is 1.89. The molecule has 0 radical (unpaired) electrons. The Morgan fingerprint density at radius 1 is 1.23 bits per heavy atom. The van der Waals surface area contributed by atoms with Crippen LogP contribution in [0.15, 0.2) is 0 Å². The van der Waals surface area contributed by atoms with Crippen LogP contribution in [0.4, 0.5) is 0 Å². The summed E-state index contributed by atoms with van der Waals surface area (Å²) in [5.74, 6) is 0.981. The molecule has 1 heterocycles. The fourth-order valence-electron chi connectivity index (χ4n) is 2.53. The van der Waals surface area contributed by atoms with Crippen molar-refractivity contribution in [2.75, 3.05) is 7.05 Å². The van der Waals surface area contributed by atoms with Gasteiger partial charge in [-0.1, -0.05) is 20.8 Å². The lowest BCUT2D eigenvalue weighted by molar-refractivity contribution is 0.130. The maximum atomic E-state index is 3.61. The van der Waals surface area contributed by atoms with Crippen molar-refractivity contribution < 1.29 is 0 Å². The van der Waals surface area contributed by atoms with Crippen molar-refractivity contribution in [2.24, 2.45) is 11.3 Å². The first-order valence-corrected chi connectivity index (χ1v) is 5.47.